The molecule has 2 aliphatic carbocycles. The number of nitrogens with two attached hydrogens (primary N) is 1. The van der Waals surface area contributed by atoms with Crippen LogP contribution in [0, 0.1) is 23.5 Å². The predicted molar refractivity (Wildman–Crippen MR) is 137 cm³/mol. The third kappa shape index (κ3) is 5.33. The van der Waals surface area contributed by atoms with Crippen LogP contribution in [0.5, 0.6) is 0 Å². The first kappa shape index (κ1) is 25.6. The molecule has 12 heteroatoms. The topological polar surface area (TPSA) is 131 Å². The zero-order valence-electron chi connectivity index (χ0n) is 20.4. The van der Waals surface area contributed by atoms with Gasteiger partial charge in [-0.1, -0.05) is 18.5 Å². The van der Waals surface area contributed by atoms with E-state index >= 15 is 0 Å². The Kier molecular flexibility index (Phi) is 7.17. The molecule has 0 bridgehead atoms. The Morgan fingerprint density at radius 3 is 2.49 bits per heavy atom. The number of hydrogen-bond donors (Lipinski definition) is 4. The number of carbonyl (C=O) groups excluding carboxylic acids is 1. The molecule has 0 aliphatic heterocycles. The standard InChI is InChI=1S/C25H30ClF2N7O2/c1-12-2-5-15(10-20(12)36)31-24-30-11-19-23(34-24)35(16-6-3-13(4-7-16)22(29)37)25(32-19)33-21-17(27)8-14(26)9-18(21)28/h8-9,11-13,15-16,20,36H,2-7,10H2,1H3,(H2,29,37)(H,32,33)(H,30,31,34)/t12-,13-,15-,16-,20-/m1/s1. The van der Waals surface area contributed by atoms with Crippen LogP contribution >= 0.6 is 11.6 Å². The minimum atomic E-state index is -0.848. The smallest absolute Gasteiger partial charge is 0.224 e. The normalized spacial score (nSPS) is 26.2. The van der Waals surface area contributed by atoms with E-state index < -0.39 is 11.6 Å². The Hall–Kier alpha value is -3.05. The van der Waals surface area contributed by atoms with Gasteiger partial charge in [-0.05, 0) is 63.0 Å². The maximum absolute atomic E-state index is 14.6. The van der Waals surface area contributed by atoms with Crippen molar-refractivity contribution in [1.82, 2.24) is 19.5 Å². The summed E-state index contributed by atoms with van der Waals surface area (Å²) in [6.45, 7) is 2.04. The van der Waals surface area contributed by atoms with Gasteiger partial charge < -0.3 is 21.5 Å². The fourth-order valence-corrected chi connectivity index (χ4v) is 5.59. The van der Waals surface area contributed by atoms with Crippen LogP contribution in [0.3, 0.4) is 0 Å². The molecule has 2 aromatic heterocycles. The van der Waals surface area contributed by atoms with Crippen LogP contribution in [-0.2, 0) is 4.79 Å². The summed E-state index contributed by atoms with van der Waals surface area (Å²) < 4.78 is 31.1. The highest BCUT2D eigenvalue weighted by Crippen LogP contribution is 2.38. The summed E-state index contributed by atoms with van der Waals surface area (Å²) in [6, 6.07) is 1.96. The number of aliphatic hydroxyl groups excluding tert-OH is 1. The van der Waals surface area contributed by atoms with E-state index in [0.717, 1.165) is 25.0 Å². The highest BCUT2D eigenvalue weighted by Gasteiger charge is 2.30. The second kappa shape index (κ2) is 10.4. The number of fused-ring (bicyclic) bond motifs is 1. The first-order chi connectivity index (χ1) is 17.7. The maximum atomic E-state index is 14.6. The van der Waals surface area contributed by atoms with Gasteiger partial charge in [-0.2, -0.15) is 4.98 Å². The minimum Gasteiger partial charge on any atom is -0.393 e. The van der Waals surface area contributed by atoms with Gasteiger partial charge in [-0.15, -0.1) is 0 Å². The molecule has 0 radical (unpaired) electrons. The molecular formula is C25H30ClF2N7O2. The van der Waals surface area contributed by atoms with E-state index in [2.05, 4.69) is 20.6 Å². The van der Waals surface area contributed by atoms with Crippen molar-refractivity contribution in [3.05, 3.63) is 35.0 Å². The van der Waals surface area contributed by atoms with Crippen LogP contribution in [0.4, 0.5) is 26.4 Å². The number of nitrogens with zero attached hydrogens (tertiary/aromatic N) is 4. The summed E-state index contributed by atoms with van der Waals surface area (Å²) in [6.07, 6.45) is 6.00. The molecule has 198 valence electrons. The number of hydrogen-bond acceptors (Lipinski definition) is 7. The highest BCUT2D eigenvalue weighted by atomic mass is 35.5. The number of amides is 1. The van der Waals surface area contributed by atoms with Crippen LogP contribution in [0.1, 0.15) is 57.9 Å². The average Bonchev–Trinajstić information content (AvgIpc) is 3.21. The molecule has 0 spiro atoms. The van der Waals surface area contributed by atoms with E-state index in [-0.39, 0.29) is 52.6 Å². The number of primary amides is 1. The monoisotopic (exact) mass is 533 g/mol. The molecule has 3 atom stereocenters. The van der Waals surface area contributed by atoms with Gasteiger partial charge in [0.15, 0.2) is 17.3 Å². The van der Waals surface area contributed by atoms with Crippen molar-refractivity contribution < 1.29 is 18.7 Å². The quantitative estimate of drug-likeness (QED) is 0.362. The zero-order chi connectivity index (χ0) is 26.3. The first-order valence-electron chi connectivity index (χ1n) is 12.6. The molecule has 2 heterocycles. The third-order valence-electron chi connectivity index (χ3n) is 7.63. The van der Waals surface area contributed by atoms with E-state index in [1.807, 2.05) is 11.5 Å². The Bertz CT molecular complexity index is 1290. The summed E-state index contributed by atoms with van der Waals surface area (Å²) >= 11 is 5.79. The second-order valence-corrected chi connectivity index (χ2v) is 10.6. The Balaban J connectivity index is 1.50. The Labute approximate surface area is 217 Å². The van der Waals surface area contributed by atoms with Crippen LogP contribution in [-0.4, -0.2) is 42.7 Å². The van der Waals surface area contributed by atoms with Crippen molar-refractivity contribution in [2.24, 2.45) is 17.6 Å². The van der Waals surface area contributed by atoms with Gasteiger partial charge in [0.2, 0.25) is 17.8 Å². The van der Waals surface area contributed by atoms with E-state index in [1.165, 1.54) is 0 Å². The zero-order valence-corrected chi connectivity index (χ0v) is 21.2. The molecule has 9 nitrogen and oxygen atoms in total. The van der Waals surface area contributed by atoms with Crippen molar-refractivity contribution in [2.75, 3.05) is 10.6 Å². The molecule has 2 saturated carbocycles. The Morgan fingerprint density at radius 1 is 1.14 bits per heavy atom. The van der Waals surface area contributed by atoms with Gasteiger partial charge in [0, 0.05) is 23.0 Å². The molecule has 1 amide bonds. The summed E-state index contributed by atoms with van der Waals surface area (Å²) in [5, 5.41) is 16.3. The number of anilines is 3. The predicted octanol–water partition coefficient (Wildman–Crippen LogP) is 4.68. The molecule has 5 N–H and O–H groups in total. The largest absolute Gasteiger partial charge is 0.393 e. The molecular weight excluding hydrogens is 504 g/mol. The van der Waals surface area contributed by atoms with Gasteiger partial charge in [0.05, 0.1) is 12.3 Å². The third-order valence-corrected chi connectivity index (χ3v) is 7.85. The van der Waals surface area contributed by atoms with Crippen molar-refractivity contribution >= 4 is 46.3 Å². The van der Waals surface area contributed by atoms with E-state index in [0.29, 0.717) is 49.2 Å². The van der Waals surface area contributed by atoms with Crippen molar-refractivity contribution in [1.29, 1.82) is 0 Å². The highest BCUT2D eigenvalue weighted by molar-refractivity contribution is 6.30. The van der Waals surface area contributed by atoms with E-state index in [9.17, 15) is 18.7 Å². The number of nitrogens with one attached hydrogen (secondary N) is 2. The van der Waals surface area contributed by atoms with Crippen LogP contribution < -0.4 is 16.4 Å². The summed E-state index contributed by atoms with van der Waals surface area (Å²) in [5.74, 6) is -1.37. The maximum Gasteiger partial charge on any atom is 0.224 e. The van der Waals surface area contributed by atoms with Crippen LogP contribution in [0.25, 0.3) is 11.2 Å². The number of halogens is 3. The fraction of sp³-hybridized carbons (Fsp3) is 0.520. The number of aliphatic hydroxyl groups is 1. The minimum absolute atomic E-state index is 0.0286. The van der Waals surface area contributed by atoms with Crippen molar-refractivity contribution in [3.8, 4) is 0 Å². The van der Waals surface area contributed by atoms with Crippen molar-refractivity contribution in [2.45, 2.75) is 70.1 Å². The number of imidazole rings is 1. The van der Waals surface area contributed by atoms with Crippen LogP contribution in [0.15, 0.2) is 18.3 Å². The van der Waals surface area contributed by atoms with Crippen molar-refractivity contribution in [3.63, 3.8) is 0 Å². The van der Waals surface area contributed by atoms with Gasteiger partial charge >= 0.3 is 0 Å². The van der Waals surface area contributed by atoms with Crippen LogP contribution in [0.2, 0.25) is 5.02 Å². The molecule has 37 heavy (non-hydrogen) atoms. The Morgan fingerprint density at radius 2 is 1.84 bits per heavy atom. The molecule has 3 aromatic rings. The number of benzene rings is 1. The summed E-state index contributed by atoms with van der Waals surface area (Å²) in [7, 11) is 0. The molecule has 0 saturated heterocycles. The second-order valence-electron chi connectivity index (χ2n) is 10.2. The van der Waals surface area contributed by atoms with E-state index in [4.69, 9.17) is 22.3 Å². The fourth-order valence-electron chi connectivity index (χ4n) is 5.40. The lowest BCUT2D eigenvalue weighted by Gasteiger charge is -2.31. The van der Waals surface area contributed by atoms with E-state index in [1.54, 1.807) is 6.20 Å². The summed E-state index contributed by atoms with van der Waals surface area (Å²) in [5.41, 5.74) is 6.10. The van der Waals surface area contributed by atoms with Gasteiger partial charge in [0.25, 0.3) is 0 Å². The molecule has 5 rings (SSSR count). The first-order valence-corrected chi connectivity index (χ1v) is 13.0. The summed E-state index contributed by atoms with van der Waals surface area (Å²) in [4.78, 5) is 25.4. The number of rotatable bonds is 6. The molecule has 2 aliphatic rings. The van der Waals surface area contributed by atoms with Gasteiger partial charge in [0.1, 0.15) is 11.2 Å². The lowest BCUT2D eigenvalue weighted by atomic mass is 9.85. The van der Waals surface area contributed by atoms with Gasteiger partial charge in [-0.25, -0.2) is 18.7 Å². The molecule has 1 aromatic carbocycles. The number of aromatic nitrogens is 4. The van der Waals surface area contributed by atoms with Gasteiger partial charge in [-0.3, -0.25) is 9.36 Å². The lowest BCUT2D eigenvalue weighted by molar-refractivity contribution is -0.122. The SMILES string of the molecule is C[C@@H]1CC[C@@H](Nc2ncc3nc(Nc4c(F)cc(Cl)cc4F)n([C@H]4CC[C@H](C(N)=O)CC4)c3n2)C[C@H]1O. The molecule has 0 unspecified atom stereocenters. The molecule has 2 fully saturated rings. The number of carbonyl (C=O) groups is 1. The average molecular weight is 534 g/mol. The lowest BCUT2D eigenvalue weighted by Crippen LogP contribution is -2.35.